The first kappa shape index (κ1) is 61.4. The second kappa shape index (κ2) is 27.2. The molecule has 454 valence electrons. The van der Waals surface area contributed by atoms with Gasteiger partial charge in [0.05, 0.1) is 53.9 Å². The Kier molecular flexibility index (Phi) is 20.1. The fourth-order valence-electron chi connectivity index (χ4n) is 13.3. The number of hydrogen-bond donors (Lipinski definition) is 5. The number of anilines is 1. The first-order valence-corrected chi connectivity index (χ1v) is 30.1. The van der Waals surface area contributed by atoms with Crippen LogP contribution in [0.2, 0.25) is 0 Å². The van der Waals surface area contributed by atoms with Gasteiger partial charge in [-0.1, -0.05) is 6.07 Å². The van der Waals surface area contributed by atoms with E-state index in [2.05, 4.69) is 62.3 Å². The van der Waals surface area contributed by atoms with Crippen LogP contribution in [0.1, 0.15) is 154 Å². The molecule has 6 atom stereocenters. The highest BCUT2D eigenvalue weighted by Gasteiger charge is 2.45. The molecule has 3 aliphatic carbocycles. The second-order valence-electron chi connectivity index (χ2n) is 24.7. The van der Waals surface area contributed by atoms with Crippen molar-refractivity contribution in [3.05, 3.63) is 53.9 Å². The van der Waals surface area contributed by atoms with E-state index in [0.29, 0.717) is 110 Å². The van der Waals surface area contributed by atoms with Gasteiger partial charge in [-0.3, -0.25) is 33.8 Å². The number of carbonyl (C=O) groups is 6. The minimum Gasteiger partial charge on any atom is -0.460 e. The number of ether oxygens (including phenoxy) is 3. The summed E-state index contributed by atoms with van der Waals surface area (Å²) in [6.45, 7) is 10.3. The van der Waals surface area contributed by atoms with E-state index in [1.54, 1.807) is 35.3 Å². The molecule has 0 spiro atoms. The minimum absolute atomic E-state index is 0.00296. The molecular weight excluding hydrogens is 1080 g/mol. The van der Waals surface area contributed by atoms with Crippen LogP contribution >= 0.6 is 0 Å². The lowest BCUT2D eigenvalue weighted by atomic mass is 9.84. The highest BCUT2D eigenvalue weighted by molar-refractivity contribution is 5.94. The van der Waals surface area contributed by atoms with Gasteiger partial charge in [-0.15, -0.1) is 0 Å². The van der Waals surface area contributed by atoms with Crippen molar-refractivity contribution in [1.82, 2.24) is 50.9 Å². The standard InChI is InChI=1S/C60H84F3N11O9/c1-36(75)66-49-33-41(71-59(2,3)4)15-21-50(49)74-29-24-48(57(74)80)68-54-45-32-39(60(61,62)63)12-20-47(45)69-58(70-54)83-44-22-27-73(28-23-44)56(79)37-10-13-40(14-11-37)67-51(76)9-7-30-81-42-16-18-43(19-17-42)82-31-26-65-55(78)46-34-52(77)72(5)53(46)38-8-6-25-64-35-38/h6,8,12,20,25,32,35,37,40-44,46,48-50,53,71H,7,9-11,13-19,21-24,26-31,33-34H2,1-5H3,(H,65,78)(H,66,75)(H,67,76)(H,68,69,70)/t37?,40?,41-,42?,43?,46+,48+,49-,50+,53-/m1/s1. The molecule has 9 rings (SSSR count). The predicted molar refractivity (Wildman–Crippen MR) is 302 cm³/mol. The molecule has 3 saturated carbocycles. The van der Waals surface area contributed by atoms with Crippen LogP contribution in [0.15, 0.2) is 42.7 Å². The Morgan fingerprint density at radius 2 is 1.51 bits per heavy atom. The number of benzene rings is 1. The summed E-state index contributed by atoms with van der Waals surface area (Å²) in [6.07, 6.45) is 9.33. The molecule has 3 saturated heterocycles. The summed E-state index contributed by atoms with van der Waals surface area (Å²) >= 11 is 0. The average Bonchev–Trinajstić information content (AvgIpc) is 4.23. The highest BCUT2D eigenvalue weighted by atomic mass is 19.4. The third-order valence-electron chi connectivity index (χ3n) is 17.5. The Hall–Kier alpha value is -6.20. The van der Waals surface area contributed by atoms with E-state index in [1.165, 1.54) is 13.0 Å². The molecule has 6 amide bonds. The van der Waals surface area contributed by atoms with Crippen LogP contribution in [0.4, 0.5) is 19.0 Å². The van der Waals surface area contributed by atoms with E-state index >= 15 is 0 Å². The summed E-state index contributed by atoms with van der Waals surface area (Å²) < 4.78 is 60.6. The molecule has 0 radical (unpaired) electrons. The fourth-order valence-corrected chi connectivity index (χ4v) is 13.3. The number of alkyl halides is 3. The number of carbonyl (C=O) groups excluding carboxylic acids is 6. The normalized spacial score (nSPS) is 27.4. The van der Waals surface area contributed by atoms with E-state index in [-0.39, 0.29) is 125 Å². The molecule has 3 aliphatic heterocycles. The number of amides is 6. The van der Waals surface area contributed by atoms with Crippen molar-refractivity contribution in [2.75, 3.05) is 51.8 Å². The van der Waals surface area contributed by atoms with Crippen molar-refractivity contribution in [3.63, 3.8) is 0 Å². The second-order valence-corrected chi connectivity index (χ2v) is 24.7. The summed E-state index contributed by atoms with van der Waals surface area (Å²) in [5.41, 5.74) is 0.0496. The SMILES string of the molecule is CC(=O)N[C@@H]1C[C@H](NC(C)(C)C)CC[C@@H]1N1CC[C@H](Nc2nc(OC3CCN(C(=O)C4CCC(NC(=O)CCCOC5CCC(OCCNC(=O)[C@H]6CC(=O)N(C)[C@@H]6c6cccnc6)CC5)CC4)CC3)nc3ccc(C(F)(F)F)cc23)C1=O. The highest BCUT2D eigenvalue weighted by Crippen LogP contribution is 2.38. The van der Waals surface area contributed by atoms with E-state index in [4.69, 9.17) is 14.2 Å². The van der Waals surface area contributed by atoms with Gasteiger partial charge in [0.25, 0.3) is 0 Å². The van der Waals surface area contributed by atoms with Gasteiger partial charge in [-0.25, -0.2) is 0 Å². The molecule has 20 nitrogen and oxygen atoms in total. The predicted octanol–water partition coefficient (Wildman–Crippen LogP) is 6.38. The maximum absolute atomic E-state index is 14.2. The number of rotatable bonds is 20. The molecule has 3 aromatic rings. The van der Waals surface area contributed by atoms with E-state index in [1.807, 2.05) is 11.0 Å². The molecule has 0 bridgehead atoms. The number of fused-ring (bicyclic) bond motifs is 1. The summed E-state index contributed by atoms with van der Waals surface area (Å²) in [7, 11) is 1.72. The molecule has 1 aromatic carbocycles. The van der Waals surface area contributed by atoms with E-state index in [0.717, 1.165) is 49.8 Å². The molecule has 5 heterocycles. The molecule has 6 aliphatic rings. The Bertz CT molecular complexity index is 2750. The van der Waals surface area contributed by atoms with Crippen LogP contribution < -0.4 is 31.3 Å². The van der Waals surface area contributed by atoms with Crippen LogP contribution in [0.5, 0.6) is 6.01 Å². The molecule has 83 heavy (non-hydrogen) atoms. The van der Waals surface area contributed by atoms with Gasteiger partial charge in [0, 0.05) is 114 Å². The van der Waals surface area contributed by atoms with Gasteiger partial charge in [-0.05, 0) is 134 Å². The first-order chi connectivity index (χ1) is 39.6. The van der Waals surface area contributed by atoms with Crippen molar-refractivity contribution in [2.24, 2.45) is 11.8 Å². The molecule has 2 aromatic heterocycles. The zero-order valence-electron chi connectivity index (χ0n) is 48.6. The summed E-state index contributed by atoms with van der Waals surface area (Å²) in [4.78, 5) is 97.3. The smallest absolute Gasteiger partial charge is 0.416 e. The lowest BCUT2D eigenvalue weighted by Gasteiger charge is -2.43. The number of likely N-dealkylation sites (tertiary alicyclic amines) is 3. The average molecular weight is 1160 g/mol. The van der Waals surface area contributed by atoms with Crippen molar-refractivity contribution >= 4 is 52.2 Å². The molecule has 23 heteroatoms. The topological polar surface area (TPSA) is 239 Å². The number of hydrogen-bond acceptors (Lipinski definition) is 14. The zero-order chi connectivity index (χ0) is 59.0. The zero-order valence-corrected chi connectivity index (χ0v) is 48.6. The van der Waals surface area contributed by atoms with Gasteiger partial charge in [-0.2, -0.15) is 23.1 Å². The van der Waals surface area contributed by atoms with Gasteiger partial charge in [0.2, 0.25) is 35.4 Å². The number of pyridine rings is 1. The Morgan fingerprint density at radius 3 is 2.18 bits per heavy atom. The van der Waals surface area contributed by atoms with Gasteiger partial charge >= 0.3 is 12.2 Å². The lowest BCUT2D eigenvalue weighted by molar-refractivity contribution is -0.139. The molecule has 5 N–H and O–H groups in total. The van der Waals surface area contributed by atoms with Crippen LogP contribution in [0.3, 0.4) is 0 Å². The summed E-state index contributed by atoms with van der Waals surface area (Å²) in [6, 6.07) is 5.38. The third kappa shape index (κ3) is 16.2. The molecular formula is C60H84F3N11O9. The minimum atomic E-state index is -4.63. The maximum atomic E-state index is 14.2. The monoisotopic (exact) mass is 1160 g/mol. The van der Waals surface area contributed by atoms with Crippen molar-refractivity contribution in [2.45, 2.75) is 203 Å². The van der Waals surface area contributed by atoms with Gasteiger partial charge in [0.15, 0.2) is 0 Å². The van der Waals surface area contributed by atoms with E-state index in [9.17, 15) is 41.9 Å². The maximum Gasteiger partial charge on any atom is 0.416 e. The molecule has 0 unspecified atom stereocenters. The first-order valence-electron chi connectivity index (χ1n) is 30.1. The number of nitrogens with one attached hydrogen (secondary N) is 5. The number of piperidine rings is 1. The summed E-state index contributed by atoms with van der Waals surface area (Å²) in [5, 5.41) is 16.1. The van der Waals surface area contributed by atoms with Gasteiger partial charge < -0.3 is 55.5 Å². The molecule has 6 fully saturated rings. The van der Waals surface area contributed by atoms with Crippen LogP contribution in [0, 0.1) is 11.8 Å². The van der Waals surface area contributed by atoms with E-state index < -0.39 is 23.7 Å². The Labute approximate surface area is 484 Å². The van der Waals surface area contributed by atoms with Crippen LogP contribution in [-0.4, -0.2) is 166 Å². The number of halogens is 3. The Balaban J connectivity index is 0.665. The van der Waals surface area contributed by atoms with Crippen molar-refractivity contribution in [3.8, 4) is 6.01 Å². The third-order valence-corrected chi connectivity index (χ3v) is 17.5. The van der Waals surface area contributed by atoms with Crippen molar-refractivity contribution in [1.29, 1.82) is 0 Å². The summed E-state index contributed by atoms with van der Waals surface area (Å²) in [5.74, 6) is -1.15. The largest absolute Gasteiger partial charge is 0.460 e. The van der Waals surface area contributed by atoms with Crippen LogP contribution in [-0.2, 0) is 44.4 Å². The lowest BCUT2D eigenvalue weighted by Crippen LogP contribution is -2.59. The quantitative estimate of drug-likeness (QED) is 0.0773. The van der Waals surface area contributed by atoms with Crippen LogP contribution in [0.25, 0.3) is 10.9 Å². The van der Waals surface area contributed by atoms with Gasteiger partial charge in [0.1, 0.15) is 18.0 Å². The number of nitrogens with zero attached hydrogens (tertiary/aromatic N) is 6. The Morgan fingerprint density at radius 1 is 0.795 bits per heavy atom. The number of aromatic nitrogens is 3. The van der Waals surface area contributed by atoms with Crippen molar-refractivity contribution < 1.29 is 56.1 Å². The fraction of sp³-hybridized carbons (Fsp3) is 0.683.